The van der Waals surface area contributed by atoms with Gasteiger partial charge in [0.2, 0.25) is 0 Å². The second-order valence-corrected chi connectivity index (χ2v) is 5.37. The summed E-state index contributed by atoms with van der Waals surface area (Å²) in [7, 11) is 3.73. The lowest BCUT2D eigenvalue weighted by molar-refractivity contribution is 0.0785. The molecular formula is C18H22N2O. The molecule has 21 heavy (non-hydrogen) atoms. The first-order chi connectivity index (χ1) is 10.0. The third kappa shape index (κ3) is 3.43. The van der Waals surface area contributed by atoms with E-state index in [-0.39, 0.29) is 5.91 Å². The smallest absolute Gasteiger partial charge is 0.253 e. The highest BCUT2D eigenvalue weighted by Gasteiger charge is 2.13. The summed E-state index contributed by atoms with van der Waals surface area (Å²) < 4.78 is 0. The first-order valence-corrected chi connectivity index (χ1v) is 7.11. The maximum atomic E-state index is 12.5. The molecule has 2 aromatic carbocycles. The third-order valence-corrected chi connectivity index (χ3v) is 3.76. The van der Waals surface area contributed by atoms with Crippen LogP contribution in [0.5, 0.6) is 0 Å². The van der Waals surface area contributed by atoms with Crippen LogP contribution in [-0.4, -0.2) is 24.9 Å². The van der Waals surface area contributed by atoms with Gasteiger partial charge in [-0.05, 0) is 48.7 Å². The Kier molecular flexibility index (Phi) is 4.63. The number of hydrogen-bond donors (Lipinski definition) is 1. The van der Waals surface area contributed by atoms with Gasteiger partial charge in [-0.2, -0.15) is 0 Å². The predicted octanol–water partition coefficient (Wildman–Crippen LogP) is 3.62. The van der Waals surface area contributed by atoms with E-state index in [2.05, 4.69) is 24.4 Å². The molecule has 3 nitrogen and oxygen atoms in total. The minimum atomic E-state index is 0.0454. The van der Waals surface area contributed by atoms with E-state index in [9.17, 15) is 4.79 Å². The lowest BCUT2D eigenvalue weighted by Crippen LogP contribution is -2.26. The Morgan fingerprint density at radius 3 is 2.43 bits per heavy atom. The van der Waals surface area contributed by atoms with Crippen LogP contribution in [0.3, 0.4) is 0 Å². The van der Waals surface area contributed by atoms with E-state index >= 15 is 0 Å². The topological polar surface area (TPSA) is 32.3 Å². The molecule has 0 radical (unpaired) electrons. The molecule has 0 spiro atoms. The highest BCUT2D eigenvalue weighted by atomic mass is 16.2. The summed E-state index contributed by atoms with van der Waals surface area (Å²) in [5.41, 5.74) is 5.24. The number of aryl methyl sites for hydroxylation is 2. The second kappa shape index (κ2) is 6.44. The molecule has 2 rings (SSSR count). The Morgan fingerprint density at radius 2 is 1.81 bits per heavy atom. The van der Waals surface area contributed by atoms with Crippen molar-refractivity contribution in [2.45, 2.75) is 20.4 Å². The minimum absolute atomic E-state index is 0.0454. The summed E-state index contributed by atoms with van der Waals surface area (Å²) in [6.45, 7) is 4.70. The molecule has 0 bridgehead atoms. The molecule has 0 heterocycles. The third-order valence-electron chi connectivity index (χ3n) is 3.76. The summed E-state index contributed by atoms with van der Waals surface area (Å²) in [4.78, 5) is 14.3. The van der Waals surface area contributed by atoms with Crippen molar-refractivity contribution >= 4 is 11.6 Å². The number of carbonyl (C=O) groups is 1. The van der Waals surface area contributed by atoms with E-state index in [1.165, 1.54) is 11.1 Å². The van der Waals surface area contributed by atoms with Crippen LogP contribution in [0.2, 0.25) is 0 Å². The maximum Gasteiger partial charge on any atom is 0.253 e. The van der Waals surface area contributed by atoms with Crippen LogP contribution in [0.15, 0.2) is 42.5 Å². The molecule has 0 unspecified atom stereocenters. The van der Waals surface area contributed by atoms with E-state index in [4.69, 9.17) is 0 Å². The van der Waals surface area contributed by atoms with Gasteiger partial charge in [0.25, 0.3) is 5.91 Å². The standard InChI is InChI=1S/C18H22N2O/c1-13-7-5-6-8-16(13)12-20(4)18(21)15-9-10-17(19-3)14(2)11-15/h5-11,19H,12H2,1-4H3. The number of nitrogens with zero attached hydrogens (tertiary/aromatic N) is 1. The zero-order chi connectivity index (χ0) is 15.4. The molecule has 2 aromatic rings. The molecule has 0 aliphatic rings. The van der Waals surface area contributed by atoms with Crippen molar-refractivity contribution in [1.82, 2.24) is 4.90 Å². The van der Waals surface area contributed by atoms with Crippen molar-refractivity contribution in [3.8, 4) is 0 Å². The molecule has 0 saturated heterocycles. The number of benzene rings is 2. The van der Waals surface area contributed by atoms with Crippen LogP contribution in [0.25, 0.3) is 0 Å². The second-order valence-electron chi connectivity index (χ2n) is 5.37. The molecule has 0 fully saturated rings. The molecule has 3 heteroatoms. The Balaban J connectivity index is 2.16. The summed E-state index contributed by atoms with van der Waals surface area (Å²) in [6, 6.07) is 13.9. The SMILES string of the molecule is CNc1ccc(C(=O)N(C)Cc2ccccc2C)cc1C. The van der Waals surface area contributed by atoms with Gasteiger partial charge in [0, 0.05) is 31.9 Å². The van der Waals surface area contributed by atoms with Crippen LogP contribution in [0.4, 0.5) is 5.69 Å². The Bertz CT molecular complexity index is 649. The Labute approximate surface area is 126 Å². The molecular weight excluding hydrogens is 260 g/mol. The molecule has 0 saturated carbocycles. The van der Waals surface area contributed by atoms with E-state index in [1.807, 2.05) is 51.4 Å². The number of nitrogens with one attached hydrogen (secondary N) is 1. The summed E-state index contributed by atoms with van der Waals surface area (Å²) in [5.74, 6) is 0.0454. The number of rotatable bonds is 4. The van der Waals surface area contributed by atoms with E-state index in [0.29, 0.717) is 6.54 Å². The summed E-state index contributed by atoms with van der Waals surface area (Å²) in [6.07, 6.45) is 0. The van der Waals surface area contributed by atoms with Gasteiger partial charge < -0.3 is 10.2 Å². The zero-order valence-corrected chi connectivity index (χ0v) is 13.1. The highest BCUT2D eigenvalue weighted by Crippen LogP contribution is 2.18. The first kappa shape index (κ1) is 15.1. The van der Waals surface area contributed by atoms with Gasteiger partial charge in [0.05, 0.1) is 0 Å². The lowest BCUT2D eigenvalue weighted by atomic mass is 10.1. The van der Waals surface area contributed by atoms with Crippen LogP contribution in [0.1, 0.15) is 27.0 Å². The average molecular weight is 282 g/mol. The quantitative estimate of drug-likeness (QED) is 0.929. The lowest BCUT2D eigenvalue weighted by Gasteiger charge is -2.19. The predicted molar refractivity (Wildman–Crippen MR) is 87.7 cm³/mol. The Morgan fingerprint density at radius 1 is 1.10 bits per heavy atom. The van der Waals surface area contributed by atoms with Gasteiger partial charge in [-0.1, -0.05) is 24.3 Å². The summed E-state index contributed by atoms with van der Waals surface area (Å²) >= 11 is 0. The van der Waals surface area contributed by atoms with Crippen molar-refractivity contribution in [3.63, 3.8) is 0 Å². The molecule has 0 aromatic heterocycles. The van der Waals surface area contributed by atoms with Gasteiger partial charge >= 0.3 is 0 Å². The van der Waals surface area contributed by atoms with E-state index in [1.54, 1.807) is 4.90 Å². The van der Waals surface area contributed by atoms with Crippen molar-refractivity contribution in [2.75, 3.05) is 19.4 Å². The molecule has 1 N–H and O–H groups in total. The fourth-order valence-electron chi connectivity index (χ4n) is 2.41. The van der Waals surface area contributed by atoms with Crippen molar-refractivity contribution < 1.29 is 4.79 Å². The van der Waals surface area contributed by atoms with Gasteiger partial charge in [0.1, 0.15) is 0 Å². The van der Waals surface area contributed by atoms with Crippen LogP contribution in [0, 0.1) is 13.8 Å². The van der Waals surface area contributed by atoms with Crippen molar-refractivity contribution in [2.24, 2.45) is 0 Å². The normalized spacial score (nSPS) is 10.3. The van der Waals surface area contributed by atoms with Gasteiger partial charge in [-0.3, -0.25) is 4.79 Å². The molecule has 0 aliphatic carbocycles. The molecule has 1 amide bonds. The maximum absolute atomic E-state index is 12.5. The monoisotopic (exact) mass is 282 g/mol. The number of carbonyl (C=O) groups excluding carboxylic acids is 1. The number of amides is 1. The van der Waals surface area contributed by atoms with Crippen molar-refractivity contribution in [3.05, 3.63) is 64.7 Å². The zero-order valence-electron chi connectivity index (χ0n) is 13.1. The number of anilines is 1. The Hall–Kier alpha value is -2.29. The highest BCUT2D eigenvalue weighted by molar-refractivity contribution is 5.94. The van der Waals surface area contributed by atoms with Crippen LogP contribution < -0.4 is 5.32 Å². The van der Waals surface area contributed by atoms with E-state index < -0.39 is 0 Å². The van der Waals surface area contributed by atoms with Gasteiger partial charge in [-0.15, -0.1) is 0 Å². The average Bonchev–Trinajstić information content (AvgIpc) is 2.48. The fraction of sp³-hybridized carbons (Fsp3) is 0.278. The van der Waals surface area contributed by atoms with Crippen LogP contribution >= 0.6 is 0 Å². The van der Waals surface area contributed by atoms with Crippen molar-refractivity contribution in [1.29, 1.82) is 0 Å². The molecule has 0 aliphatic heterocycles. The minimum Gasteiger partial charge on any atom is -0.388 e. The largest absolute Gasteiger partial charge is 0.388 e. The number of hydrogen-bond acceptors (Lipinski definition) is 2. The molecule has 110 valence electrons. The van der Waals surface area contributed by atoms with Gasteiger partial charge in [0.15, 0.2) is 0 Å². The summed E-state index contributed by atoms with van der Waals surface area (Å²) in [5, 5.41) is 3.11. The first-order valence-electron chi connectivity index (χ1n) is 7.11. The van der Waals surface area contributed by atoms with E-state index in [0.717, 1.165) is 16.8 Å². The fourth-order valence-corrected chi connectivity index (χ4v) is 2.41. The van der Waals surface area contributed by atoms with Crippen LogP contribution in [-0.2, 0) is 6.54 Å². The molecule has 0 atom stereocenters. The van der Waals surface area contributed by atoms with Gasteiger partial charge in [-0.25, -0.2) is 0 Å².